The smallest absolute Gasteiger partial charge is 0.184 e. The van der Waals surface area contributed by atoms with Gasteiger partial charge in [-0.15, -0.1) is 0 Å². The average Bonchev–Trinajstić information content (AvgIpc) is 3.15. The molecule has 5 nitrogen and oxygen atoms in total. The summed E-state index contributed by atoms with van der Waals surface area (Å²) in [6.07, 6.45) is 2.82. The Labute approximate surface area is 110 Å². The number of hydrogen-bond donors (Lipinski definition) is 0. The van der Waals surface area contributed by atoms with E-state index in [4.69, 9.17) is 9.68 Å². The second-order valence-corrected chi connectivity index (χ2v) is 6.57. The topological polar surface area (TPSA) is 84.0 Å². The molecule has 19 heavy (non-hydrogen) atoms. The first-order valence-corrected chi connectivity index (χ1v) is 7.36. The van der Waals surface area contributed by atoms with Crippen LogP contribution in [0.1, 0.15) is 18.5 Å². The van der Waals surface area contributed by atoms with Crippen molar-refractivity contribution in [1.82, 2.24) is 4.98 Å². The third kappa shape index (κ3) is 2.02. The van der Waals surface area contributed by atoms with E-state index in [1.807, 2.05) is 6.07 Å². The van der Waals surface area contributed by atoms with Gasteiger partial charge in [0.1, 0.15) is 16.7 Å². The normalized spacial score (nSPS) is 15.1. The molecular weight excluding hydrogens is 264 g/mol. The molecule has 1 aliphatic carbocycles. The molecule has 6 heteroatoms. The zero-order valence-electron chi connectivity index (χ0n) is 9.91. The molecule has 1 aliphatic rings. The van der Waals surface area contributed by atoms with Gasteiger partial charge in [-0.1, -0.05) is 0 Å². The molecule has 0 aliphatic heterocycles. The number of hydrogen-bond acceptors (Lipinski definition) is 5. The lowest BCUT2D eigenvalue weighted by Crippen LogP contribution is -2.10. The Balaban J connectivity index is 2.11. The number of nitrogens with zero attached hydrogens (tertiary/aromatic N) is 2. The van der Waals surface area contributed by atoms with Crippen LogP contribution in [-0.4, -0.2) is 18.7 Å². The molecule has 0 aromatic carbocycles. The minimum absolute atomic E-state index is 0.0211. The molecule has 0 spiro atoms. The van der Waals surface area contributed by atoms with Crippen molar-refractivity contribution in [2.24, 2.45) is 0 Å². The van der Waals surface area contributed by atoms with Crippen LogP contribution in [0.15, 0.2) is 39.8 Å². The van der Waals surface area contributed by atoms with Gasteiger partial charge in [0.25, 0.3) is 0 Å². The van der Waals surface area contributed by atoms with Gasteiger partial charge in [-0.25, -0.2) is 13.4 Å². The molecule has 0 radical (unpaired) electrons. The van der Waals surface area contributed by atoms with Crippen LogP contribution in [0.2, 0.25) is 0 Å². The molecule has 0 unspecified atom stereocenters. The van der Waals surface area contributed by atoms with Crippen LogP contribution in [0.3, 0.4) is 0 Å². The van der Waals surface area contributed by atoms with E-state index in [0.29, 0.717) is 24.3 Å². The van der Waals surface area contributed by atoms with Crippen molar-refractivity contribution in [3.63, 3.8) is 0 Å². The predicted octanol–water partition coefficient (Wildman–Crippen LogP) is 2.15. The first-order valence-electron chi connectivity index (χ1n) is 5.82. The summed E-state index contributed by atoms with van der Waals surface area (Å²) in [6.45, 7) is 0. The molecule has 1 saturated carbocycles. The zero-order chi connectivity index (χ0) is 13.5. The first kappa shape index (κ1) is 11.9. The van der Waals surface area contributed by atoms with E-state index < -0.39 is 9.84 Å². The largest absolute Gasteiger partial charge is 0.463 e. The fourth-order valence-corrected chi connectivity index (χ4v) is 3.61. The maximum absolute atomic E-state index is 12.2. The summed E-state index contributed by atoms with van der Waals surface area (Å²) in [6, 6.07) is 8.27. The number of rotatable bonds is 3. The molecule has 1 fully saturated rings. The van der Waals surface area contributed by atoms with E-state index in [9.17, 15) is 8.42 Å². The van der Waals surface area contributed by atoms with E-state index in [1.54, 1.807) is 18.2 Å². The summed E-state index contributed by atoms with van der Waals surface area (Å²) in [5.41, 5.74) is 0.386. The number of aromatic nitrogens is 1. The molecule has 3 rings (SSSR count). The van der Waals surface area contributed by atoms with Crippen LogP contribution in [-0.2, 0) is 9.84 Å². The Bertz CT molecular complexity index is 754. The number of pyridine rings is 1. The summed E-state index contributed by atoms with van der Waals surface area (Å²) in [5, 5.41) is 8.75. The molecule has 2 aromatic heterocycles. The molecule has 96 valence electrons. The molecule has 0 bridgehead atoms. The summed E-state index contributed by atoms with van der Waals surface area (Å²) in [4.78, 5) is 4.10. The first-order chi connectivity index (χ1) is 9.13. The number of furan rings is 1. The summed E-state index contributed by atoms with van der Waals surface area (Å²) in [7, 11) is -3.41. The van der Waals surface area contributed by atoms with Crippen LogP contribution in [0.5, 0.6) is 0 Å². The fourth-order valence-electron chi connectivity index (χ4n) is 1.88. The van der Waals surface area contributed by atoms with Crippen LogP contribution >= 0.6 is 0 Å². The van der Waals surface area contributed by atoms with Crippen LogP contribution < -0.4 is 0 Å². The van der Waals surface area contributed by atoms with Gasteiger partial charge in [-0.2, -0.15) is 5.26 Å². The Hall–Kier alpha value is -2.13. The van der Waals surface area contributed by atoms with E-state index in [1.165, 1.54) is 12.3 Å². The lowest BCUT2D eigenvalue weighted by atomic mass is 10.2. The number of nitriles is 1. The predicted molar refractivity (Wildman–Crippen MR) is 66.9 cm³/mol. The highest BCUT2D eigenvalue weighted by Crippen LogP contribution is 2.35. The average molecular weight is 274 g/mol. The lowest BCUT2D eigenvalue weighted by Gasteiger charge is -2.05. The molecule has 0 N–H and O–H groups in total. The quantitative estimate of drug-likeness (QED) is 0.856. The highest BCUT2D eigenvalue weighted by atomic mass is 32.2. The van der Waals surface area contributed by atoms with Gasteiger partial charge >= 0.3 is 0 Å². The fraction of sp³-hybridized carbons (Fsp3) is 0.231. The Morgan fingerprint density at radius 2 is 2.11 bits per heavy atom. The van der Waals surface area contributed by atoms with Crippen molar-refractivity contribution in [3.8, 4) is 17.5 Å². The van der Waals surface area contributed by atoms with Crippen molar-refractivity contribution in [2.45, 2.75) is 23.0 Å². The van der Waals surface area contributed by atoms with E-state index in [-0.39, 0.29) is 15.8 Å². The van der Waals surface area contributed by atoms with Gasteiger partial charge < -0.3 is 4.42 Å². The second-order valence-electron chi connectivity index (χ2n) is 4.38. The number of sulfone groups is 1. The van der Waals surface area contributed by atoms with Crippen LogP contribution in [0.25, 0.3) is 11.5 Å². The molecule has 0 atom stereocenters. The van der Waals surface area contributed by atoms with Crippen molar-refractivity contribution in [1.29, 1.82) is 5.26 Å². The van der Waals surface area contributed by atoms with Gasteiger partial charge in [0.15, 0.2) is 21.3 Å². The summed E-state index contributed by atoms with van der Waals surface area (Å²) in [5.74, 6) is 0.506. The van der Waals surface area contributed by atoms with Crippen molar-refractivity contribution >= 4 is 9.84 Å². The highest BCUT2D eigenvalue weighted by Gasteiger charge is 2.38. The van der Waals surface area contributed by atoms with Crippen LogP contribution in [0, 0.1) is 11.3 Å². The maximum Gasteiger partial charge on any atom is 0.184 e. The molecule has 2 aromatic rings. The minimum atomic E-state index is -3.41. The Morgan fingerprint density at radius 1 is 1.32 bits per heavy atom. The zero-order valence-corrected chi connectivity index (χ0v) is 10.7. The SMILES string of the molecule is N#Cc1nc(-c2ccco2)ccc1S(=O)(=O)C1CC1. The Morgan fingerprint density at radius 3 is 2.68 bits per heavy atom. The van der Waals surface area contributed by atoms with Crippen molar-refractivity contribution < 1.29 is 12.8 Å². The molecule has 0 amide bonds. The Kier molecular flexibility index (Phi) is 2.64. The minimum Gasteiger partial charge on any atom is -0.463 e. The third-order valence-corrected chi connectivity index (χ3v) is 5.30. The third-order valence-electron chi connectivity index (χ3n) is 3.01. The maximum atomic E-state index is 12.2. The standard InChI is InChI=1S/C13H10N2O3S/c14-8-11-13(19(16,17)9-3-4-9)6-5-10(15-11)12-2-1-7-18-12/h1-2,5-7,9H,3-4H2. The van der Waals surface area contributed by atoms with Gasteiger partial charge in [-0.05, 0) is 37.1 Å². The molecule has 2 heterocycles. The van der Waals surface area contributed by atoms with Gasteiger partial charge in [0.2, 0.25) is 0 Å². The molecular formula is C13H10N2O3S. The van der Waals surface area contributed by atoms with Crippen LogP contribution in [0.4, 0.5) is 0 Å². The van der Waals surface area contributed by atoms with Gasteiger partial charge in [0.05, 0.1) is 11.5 Å². The summed E-state index contributed by atoms with van der Waals surface area (Å²) >= 11 is 0. The highest BCUT2D eigenvalue weighted by molar-refractivity contribution is 7.92. The van der Waals surface area contributed by atoms with E-state index in [2.05, 4.69) is 4.98 Å². The van der Waals surface area contributed by atoms with E-state index >= 15 is 0 Å². The van der Waals surface area contributed by atoms with E-state index in [0.717, 1.165) is 0 Å². The van der Waals surface area contributed by atoms with Gasteiger partial charge in [0, 0.05) is 0 Å². The summed E-state index contributed by atoms with van der Waals surface area (Å²) < 4.78 is 29.5. The molecule has 0 saturated heterocycles. The monoisotopic (exact) mass is 274 g/mol. The van der Waals surface area contributed by atoms with Crippen molar-refractivity contribution in [3.05, 3.63) is 36.2 Å². The van der Waals surface area contributed by atoms with Crippen molar-refractivity contribution in [2.75, 3.05) is 0 Å². The van der Waals surface area contributed by atoms with Gasteiger partial charge in [-0.3, -0.25) is 0 Å². The lowest BCUT2D eigenvalue weighted by molar-refractivity contribution is 0.579. The second kappa shape index (κ2) is 4.21.